The molecule has 1 atom stereocenters. The average Bonchev–Trinajstić information content (AvgIpc) is 2.59. The van der Waals surface area contributed by atoms with E-state index in [0.717, 1.165) is 24.1 Å². The van der Waals surface area contributed by atoms with Crippen molar-refractivity contribution in [1.29, 1.82) is 0 Å². The summed E-state index contributed by atoms with van der Waals surface area (Å²) in [6.07, 6.45) is 1.59. The third kappa shape index (κ3) is 3.61. The summed E-state index contributed by atoms with van der Waals surface area (Å²) in [5, 5.41) is 3.79. The molecule has 3 rings (SSSR count). The number of hydrogen-bond donors (Lipinski definition) is 2. The maximum absolute atomic E-state index is 12.9. The van der Waals surface area contributed by atoms with Gasteiger partial charge < -0.3 is 16.0 Å². The molecule has 5 nitrogen and oxygen atoms in total. The average molecular weight is 358 g/mol. The lowest BCUT2D eigenvalue weighted by Crippen LogP contribution is -2.47. The van der Waals surface area contributed by atoms with E-state index >= 15 is 0 Å². The smallest absolute Gasteiger partial charge is 0.249 e. The molecule has 6 heteroatoms. The predicted molar refractivity (Wildman–Crippen MR) is 100 cm³/mol. The van der Waals surface area contributed by atoms with Gasteiger partial charge in [-0.3, -0.25) is 9.59 Å². The van der Waals surface area contributed by atoms with Gasteiger partial charge >= 0.3 is 0 Å². The number of rotatable bonds is 4. The second-order valence-electron chi connectivity index (χ2n) is 6.17. The molecule has 2 amide bonds. The molecule has 2 aromatic carbocycles. The lowest BCUT2D eigenvalue weighted by Gasteiger charge is -2.33. The Morgan fingerprint density at radius 2 is 2.04 bits per heavy atom. The Kier molecular flexibility index (Phi) is 4.95. The molecule has 1 unspecified atom stereocenters. The van der Waals surface area contributed by atoms with Crippen LogP contribution < -0.4 is 16.0 Å². The normalized spacial score (nSPS) is 17.4. The van der Waals surface area contributed by atoms with Gasteiger partial charge in [-0.1, -0.05) is 29.8 Å². The number of carbonyl (C=O) groups is 2. The van der Waals surface area contributed by atoms with Crippen LogP contribution in [-0.2, 0) is 4.79 Å². The second-order valence-corrected chi connectivity index (χ2v) is 6.58. The number of nitrogens with zero attached hydrogens (tertiary/aromatic N) is 1. The molecule has 0 radical (unpaired) electrons. The largest absolute Gasteiger partial charge is 0.374 e. The number of nitrogens with two attached hydrogens (primary N) is 1. The van der Waals surface area contributed by atoms with Gasteiger partial charge in [0.2, 0.25) is 11.8 Å². The standard InChI is InChI=1S/C19H20ClN3O2/c1-12-8-9-13(11-14(12)18(21)24)22-16-6-4-10-23(19(16)25)17-7-3-2-5-15(17)20/h2-3,5,7-9,11,16,22H,4,6,10H2,1H3,(H2,21,24). The maximum Gasteiger partial charge on any atom is 0.249 e. The number of primary amides is 1. The highest BCUT2D eigenvalue weighted by molar-refractivity contribution is 6.33. The Bertz CT molecular complexity index is 822. The topological polar surface area (TPSA) is 75.4 Å². The summed E-state index contributed by atoms with van der Waals surface area (Å²) in [5.74, 6) is -0.505. The third-order valence-electron chi connectivity index (χ3n) is 4.43. The highest BCUT2D eigenvalue weighted by atomic mass is 35.5. The van der Waals surface area contributed by atoms with Gasteiger partial charge in [-0.25, -0.2) is 0 Å². The number of amides is 2. The number of aryl methyl sites for hydroxylation is 1. The maximum atomic E-state index is 12.9. The molecule has 1 aliphatic heterocycles. The molecule has 1 heterocycles. The summed E-state index contributed by atoms with van der Waals surface area (Å²) >= 11 is 6.24. The number of halogens is 1. The van der Waals surface area contributed by atoms with Crippen molar-refractivity contribution in [2.75, 3.05) is 16.8 Å². The van der Waals surface area contributed by atoms with Gasteiger partial charge in [-0.15, -0.1) is 0 Å². The molecular formula is C19H20ClN3O2. The van der Waals surface area contributed by atoms with Crippen LogP contribution in [-0.4, -0.2) is 24.4 Å². The first kappa shape index (κ1) is 17.3. The van der Waals surface area contributed by atoms with E-state index in [-0.39, 0.29) is 11.9 Å². The van der Waals surface area contributed by atoms with Gasteiger partial charge in [0.05, 0.1) is 10.7 Å². The van der Waals surface area contributed by atoms with Gasteiger partial charge in [0.25, 0.3) is 0 Å². The highest BCUT2D eigenvalue weighted by Gasteiger charge is 2.30. The summed E-state index contributed by atoms with van der Waals surface area (Å²) in [6, 6.07) is 12.3. The van der Waals surface area contributed by atoms with Crippen LogP contribution in [0.1, 0.15) is 28.8 Å². The zero-order valence-corrected chi connectivity index (χ0v) is 14.7. The lowest BCUT2D eigenvalue weighted by atomic mass is 10.0. The van der Waals surface area contributed by atoms with Crippen LogP contribution in [0.2, 0.25) is 5.02 Å². The number of para-hydroxylation sites is 1. The first-order valence-electron chi connectivity index (χ1n) is 8.20. The van der Waals surface area contributed by atoms with E-state index in [9.17, 15) is 9.59 Å². The van der Waals surface area contributed by atoms with Gasteiger partial charge in [-0.05, 0) is 49.6 Å². The minimum atomic E-state index is -0.478. The van der Waals surface area contributed by atoms with Crippen LogP contribution in [0.3, 0.4) is 0 Å². The van der Waals surface area contributed by atoms with Crippen molar-refractivity contribution in [3.63, 3.8) is 0 Å². The van der Waals surface area contributed by atoms with Crippen LogP contribution in [0.4, 0.5) is 11.4 Å². The number of anilines is 2. The number of piperidine rings is 1. The molecule has 0 saturated carbocycles. The first-order chi connectivity index (χ1) is 12.0. The van der Waals surface area contributed by atoms with Gasteiger partial charge in [0.15, 0.2) is 0 Å². The zero-order chi connectivity index (χ0) is 18.0. The van der Waals surface area contributed by atoms with Crippen molar-refractivity contribution < 1.29 is 9.59 Å². The fraction of sp³-hybridized carbons (Fsp3) is 0.263. The third-order valence-corrected chi connectivity index (χ3v) is 4.75. The Morgan fingerprint density at radius 1 is 1.28 bits per heavy atom. The summed E-state index contributed by atoms with van der Waals surface area (Å²) in [7, 11) is 0. The molecule has 130 valence electrons. The van der Waals surface area contributed by atoms with Crippen molar-refractivity contribution in [1.82, 2.24) is 0 Å². The molecular weight excluding hydrogens is 338 g/mol. The zero-order valence-electron chi connectivity index (χ0n) is 14.0. The fourth-order valence-electron chi connectivity index (χ4n) is 3.10. The summed E-state index contributed by atoms with van der Waals surface area (Å²) in [4.78, 5) is 26.1. The fourth-order valence-corrected chi connectivity index (χ4v) is 3.34. The van der Waals surface area contributed by atoms with Crippen LogP contribution in [0, 0.1) is 6.92 Å². The van der Waals surface area contributed by atoms with Gasteiger partial charge in [0.1, 0.15) is 6.04 Å². The van der Waals surface area contributed by atoms with E-state index in [1.807, 2.05) is 37.3 Å². The van der Waals surface area contributed by atoms with Crippen LogP contribution in [0.5, 0.6) is 0 Å². The Labute approximate surface area is 151 Å². The van der Waals surface area contributed by atoms with E-state index in [1.165, 1.54) is 0 Å². The first-order valence-corrected chi connectivity index (χ1v) is 8.58. The Hall–Kier alpha value is -2.53. The number of hydrogen-bond acceptors (Lipinski definition) is 3. The Morgan fingerprint density at radius 3 is 2.76 bits per heavy atom. The summed E-state index contributed by atoms with van der Waals surface area (Å²) in [6.45, 7) is 2.47. The quantitative estimate of drug-likeness (QED) is 0.881. The van der Waals surface area contributed by atoms with Crippen molar-refractivity contribution >= 4 is 34.8 Å². The molecule has 0 bridgehead atoms. The molecule has 3 N–H and O–H groups in total. The SMILES string of the molecule is Cc1ccc(NC2CCCN(c3ccccc3Cl)C2=O)cc1C(N)=O. The van der Waals surface area contributed by atoms with E-state index < -0.39 is 5.91 Å². The van der Waals surface area contributed by atoms with E-state index in [0.29, 0.717) is 22.8 Å². The van der Waals surface area contributed by atoms with Crippen LogP contribution >= 0.6 is 11.6 Å². The molecule has 25 heavy (non-hydrogen) atoms. The van der Waals surface area contributed by atoms with E-state index in [4.69, 9.17) is 17.3 Å². The molecule has 1 fully saturated rings. The van der Waals surface area contributed by atoms with Crippen LogP contribution in [0.25, 0.3) is 0 Å². The molecule has 1 saturated heterocycles. The monoisotopic (exact) mass is 357 g/mol. The predicted octanol–water partition coefficient (Wildman–Crippen LogP) is 3.35. The van der Waals surface area contributed by atoms with Crippen LogP contribution in [0.15, 0.2) is 42.5 Å². The van der Waals surface area contributed by atoms with Gasteiger partial charge in [0, 0.05) is 17.8 Å². The summed E-state index contributed by atoms with van der Waals surface area (Å²) < 4.78 is 0. The molecule has 0 aliphatic carbocycles. The van der Waals surface area contributed by atoms with Crippen molar-refractivity contribution in [2.45, 2.75) is 25.8 Å². The van der Waals surface area contributed by atoms with E-state index in [2.05, 4.69) is 5.32 Å². The molecule has 0 spiro atoms. The number of benzene rings is 2. The molecule has 0 aromatic heterocycles. The highest BCUT2D eigenvalue weighted by Crippen LogP contribution is 2.29. The Balaban J connectivity index is 1.82. The number of carbonyl (C=O) groups excluding carboxylic acids is 2. The van der Waals surface area contributed by atoms with Crippen molar-refractivity contribution in [2.24, 2.45) is 5.73 Å². The molecule has 1 aliphatic rings. The lowest BCUT2D eigenvalue weighted by molar-refractivity contribution is -0.120. The number of nitrogens with one attached hydrogen (secondary N) is 1. The molecule has 2 aromatic rings. The van der Waals surface area contributed by atoms with Gasteiger partial charge in [-0.2, -0.15) is 0 Å². The van der Waals surface area contributed by atoms with Crippen molar-refractivity contribution in [3.8, 4) is 0 Å². The second kappa shape index (κ2) is 7.15. The van der Waals surface area contributed by atoms with E-state index in [1.54, 1.807) is 17.0 Å². The minimum absolute atomic E-state index is 0.0273. The van der Waals surface area contributed by atoms with Crippen molar-refractivity contribution in [3.05, 3.63) is 58.6 Å². The minimum Gasteiger partial charge on any atom is -0.374 e. The summed E-state index contributed by atoms with van der Waals surface area (Å²) in [5.41, 5.74) is 8.10.